The second-order valence-corrected chi connectivity index (χ2v) is 6.39. The quantitative estimate of drug-likeness (QED) is 0.824. The lowest BCUT2D eigenvalue weighted by atomic mass is 9.89. The van der Waals surface area contributed by atoms with Gasteiger partial charge in [0.05, 0.1) is 7.11 Å². The summed E-state index contributed by atoms with van der Waals surface area (Å²) in [5.41, 5.74) is 0.547. The molecule has 0 radical (unpaired) electrons. The molecule has 98 valence electrons. The highest BCUT2D eigenvalue weighted by Crippen LogP contribution is 2.28. The molecule has 1 N–H and O–H groups in total. The molecule has 2 rings (SSSR count). The summed E-state index contributed by atoms with van der Waals surface area (Å²) in [5.74, 6) is -0.170. The molecule has 0 spiro atoms. The van der Waals surface area contributed by atoms with Crippen molar-refractivity contribution in [2.75, 3.05) is 13.7 Å². The lowest BCUT2D eigenvalue weighted by molar-refractivity contribution is -0.148. The van der Waals surface area contributed by atoms with Crippen molar-refractivity contribution in [3.8, 4) is 0 Å². The van der Waals surface area contributed by atoms with Gasteiger partial charge >= 0.3 is 5.97 Å². The molecule has 0 saturated carbocycles. The molecular weight excluding hydrogens is 362 g/mol. The van der Waals surface area contributed by atoms with Crippen LogP contribution in [-0.2, 0) is 16.0 Å². The average Bonchev–Trinajstić information content (AvgIpc) is 2.76. The summed E-state index contributed by atoms with van der Waals surface area (Å²) in [7, 11) is 1.45. The standard InChI is InChI=1S/C13H15Br2NO2/c1-18-12(17)13(3-2-4-16-13)8-9-5-10(14)7-11(15)6-9/h5-7,16H,2-4,8H2,1H3. The predicted molar refractivity (Wildman–Crippen MR) is 77.5 cm³/mol. The smallest absolute Gasteiger partial charge is 0.326 e. The second-order valence-electron chi connectivity index (χ2n) is 4.56. The van der Waals surface area contributed by atoms with Crippen molar-refractivity contribution in [3.05, 3.63) is 32.7 Å². The van der Waals surface area contributed by atoms with E-state index in [-0.39, 0.29) is 5.97 Å². The van der Waals surface area contributed by atoms with Gasteiger partial charge in [-0.05, 0) is 43.1 Å². The number of hydrogen-bond donors (Lipinski definition) is 1. The number of benzene rings is 1. The summed E-state index contributed by atoms with van der Waals surface area (Å²) >= 11 is 6.94. The summed E-state index contributed by atoms with van der Waals surface area (Å²) in [6, 6.07) is 6.06. The second kappa shape index (κ2) is 5.72. The molecule has 1 aliphatic heterocycles. The third-order valence-corrected chi connectivity index (χ3v) is 4.16. The van der Waals surface area contributed by atoms with Gasteiger partial charge in [0, 0.05) is 15.4 Å². The zero-order valence-corrected chi connectivity index (χ0v) is 13.3. The topological polar surface area (TPSA) is 38.3 Å². The number of methoxy groups -OCH3 is 1. The van der Waals surface area contributed by atoms with Crippen LogP contribution in [0.1, 0.15) is 18.4 Å². The van der Waals surface area contributed by atoms with Crippen molar-refractivity contribution < 1.29 is 9.53 Å². The van der Waals surface area contributed by atoms with Crippen LogP contribution in [0.4, 0.5) is 0 Å². The first-order valence-corrected chi connectivity index (χ1v) is 7.43. The maximum atomic E-state index is 12.0. The van der Waals surface area contributed by atoms with Crippen LogP contribution >= 0.6 is 31.9 Å². The molecule has 3 nitrogen and oxygen atoms in total. The van der Waals surface area contributed by atoms with Crippen LogP contribution in [0.15, 0.2) is 27.1 Å². The average molecular weight is 377 g/mol. The first-order valence-electron chi connectivity index (χ1n) is 5.84. The third kappa shape index (κ3) is 2.95. The first kappa shape index (κ1) is 14.0. The summed E-state index contributed by atoms with van der Waals surface area (Å²) < 4.78 is 6.95. The molecule has 1 unspecified atom stereocenters. The lowest BCUT2D eigenvalue weighted by Crippen LogP contribution is -2.50. The van der Waals surface area contributed by atoms with Crippen LogP contribution in [0.25, 0.3) is 0 Å². The zero-order valence-electron chi connectivity index (χ0n) is 10.1. The van der Waals surface area contributed by atoms with Gasteiger partial charge in [-0.25, -0.2) is 0 Å². The van der Waals surface area contributed by atoms with Gasteiger partial charge in [0.1, 0.15) is 5.54 Å². The molecule has 1 atom stereocenters. The van der Waals surface area contributed by atoms with Gasteiger partial charge in [-0.2, -0.15) is 0 Å². The summed E-state index contributed by atoms with van der Waals surface area (Å²) in [4.78, 5) is 12.0. The van der Waals surface area contributed by atoms with E-state index in [1.165, 1.54) is 7.11 Å². The molecule has 1 aromatic rings. The van der Waals surface area contributed by atoms with Crippen LogP contribution < -0.4 is 5.32 Å². The number of ether oxygens (including phenoxy) is 1. The van der Waals surface area contributed by atoms with Gasteiger partial charge in [0.15, 0.2) is 0 Å². The van der Waals surface area contributed by atoms with Crippen LogP contribution in [0.5, 0.6) is 0 Å². The highest BCUT2D eigenvalue weighted by molar-refractivity contribution is 9.11. The number of rotatable bonds is 3. The van der Waals surface area contributed by atoms with Crippen molar-refractivity contribution in [2.45, 2.75) is 24.8 Å². The van der Waals surface area contributed by atoms with E-state index in [9.17, 15) is 4.79 Å². The Balaban J connectivity index is 2.26. The fourth-order valence-electron chi connectivity index (χ4n) is 2.46. The fraction of sp³-hybridized carbons (Fsp3) is 0.462. The van der Waals surface area contributed by atoms with Crippen molar-refractivity contribution in [1.82, 2.24) is 5.32 Å². The van der Waals surface area contributed by atoms with Gasteiger partial charge < -0.3 is 10.1 Å². The molecular formula is C13H15Br2NO2. The third-order valence-electron chi connectivity index (χ3n) is 3.25. The minimum atomic E-state index is -0.561. The molecule has 0 bridgehead atoms. The normalized spacial score (nSPS) is 23.1. The Hall–Kier alpha value is -0.390. The maximum absolute atomic E-state index is 12.0. The Morgan fingerprint density at radius 3 is 2.56 bits per heavy atom. The van der Waals surface area contributed by atoms with Crippen molar-refractivity contribution in [3.63, 3.8) is 0 Å². The van der Waals surface area contributed by atoms with E-state index in [0.29, 0.717) is 6.42 Å². The number of carbonyl (C=O) groups is 1. The maximum Gasteiger partial charge on any atom is 0.326 e. The molecule has 18 heavy (non-hydrogen) atoms. The highest BCUT2D eigenvalue weighted by atomic mass is 79.9. The highest BCUT2D eigenvalue weighted by Gasteiger charge is 2.42. The predicted octanol–water partition coefficient (Wildman–Crippen LogP) is 3.05. The van der Waals surface area contributed by atoms with Crippen molar-refractivity contribution in [2.24, 2.45) is 0 Å². The van der Waals surface area contributed by atoms with E-state index in [4.69, 9.17) is 4.74 Å². The molecule has 1 aliphatic rings. The number of esters is 1. The van der Waals surface area contributed by atoms with Crippen LogP contribution in [0, 0.1) is 0 Å². The number of halogens is 2. The number of nitrogens with one attached hydrogen (secondary N) is 1. The molecule has 1 fully saturated rings. The zero-order chi connectivity index (χ0) is 13.2. The van der Waals surface area contributed by atoms with E-state index in [0.717, 1.165) is 33.9 Å². The van der Waals surface area contributed by atoms with Crippen LogP contribution in [0.3, 0.4) is 0 Å². The van der Waals surface area contributed by atoms with Gasteiger partial charge in [-0.3, -0.25) is 4.79 Å². The van der Waals surface area contributed by atoms with Gasteiger partial charge in [-0.1, -0.05) is 31.9 Å². The van der Waals surface area contributed by atoms with Crippen molar-refractivity contribution in [1.29, 1.82) is 0 Å². The minimum Gasteiger partial charge on any atom is -0.468 e. The Morgan fingerprint density at radius 2 is 2.06 bits per heavy atom. The Bertz CT molecular complexity index is 436. The Kier molecular flexibility index (Phi) is 4.45. The molecule has 0 aliphatic carbocycles. The van der Waals surface area contributed by atoms with Crippen LogP contribution in [0.2, 0.25) is 0 Å². The van der Waals surface area contributed by atoms with Gasteiger partial charge in [0.2, 0.25) is 0 Å². The van der Waals surface area contributed by atoms with E-state index >= 15 is 0 Å². The van der Waals surface area contributed by atoms with E-state index in [2.05, 4.69) is 37.2 Å². The minimum absolute atomic E-state index is 0.170. The number of hydrogen-bond acceptors (Lipinski definition) is 3. The van der Waals surface area contributed by atoms with E-state index in [1.54, 1.807) is 0 Å². The molecule has 1 aromatic carbocycles. The SMILES string of the molecule is COC(=O)C1(Cc2cc(Br)cc(Br)c2)CCCN1. The van der Waals surface area contributed by atoms with Gasteiger partial charge in [0.25, 0.3) is 0 Å². The molecule has 5 heteroatoms. The lowest BCUT2D eigenvalue weighted by Gasteiger charge is -2.26. The van der Waals surface area contributed by atoms with E-state index < -0.39 is 5.54 Å². The molecule has 0 amide bonds. The Labute approximate surface area is 124 Å². The molecule has 1 saturated heterocycles. The monoisotopic (exact) mass is 375 g/mol. The molecule has 0 aromatic heterocycles. The molecule has 1 heterocycles. The largest absolute Gasteiger partial charge is 0.468 e. The first-order chi connectivity index (χ1) is 8.55. The number of carbonyl (C=O) groups excluding carboxylic acids is 1. The van der Waals surface area contributed by atoms with Gasteiger partial charge in [-0.15, -0.1) is 0 Å². The Morgan fingerprint density at radius 1 is 1.39 bits per heavy atom. The summed E-state index contributed by atoms with van der Waals surface area (Å²) in [5, 5.41) is 3.30. The summed E-state index contributed by atoms with van der Waals surface area (Å²) in [6.45, 7) is 0.865. The van der Waals surface area contributed by atoms with Crippen molar-refractivity contribution >= 4 is 37.8 Å². The van der Waals surface area contributed by atoms with Crippen LogP contribution in [-0.4, -0.2) is 25.2 Å². The fourth-order valence-corrected chi connectivity index (χ4v) is 3.85. The summed E-state index contributed by atoms with van der Waals surface area (Å²) in [6.07, 6.45) is 2.48. The van der Waals surface area contributed by atoms with E-state index in [1.807, 2.05) is 18.2 Å².